The minimum absolute atomic E-state index is 0.138. The lowest BCUT2D eigenvalue weighted by molar-refractivity contribution is -0.139. The van der Waals surface area contributed by atoms with Crippen LogP contribution in [0.1, 0.15) is 12.0 Å². The molecule has 5 nitrogen and oxygen atoms in total. The lowest BCUT2D eigenvalue weighted by Crippen LogP contribution is -2.10. The van der Waals surface area contributed by atoms with E-state index >= 15 is 0 Å². The van der Waals surface area contributed by atoms with Crippen LogP contribution in [-0.4, -0.2) is 36.5 Å². The van der Waals surface area contributed by atoms with E-state index in [1.54, 1.807) is 12.1 Å². The molecule has 0 radical (unpaired) electrons. The Kier molecular flexibility index (Phi) is 5.29. The molecule has 0 aromatic heterocycles. The third-order valence-corrected chi connectivity index (χ3v) is 2.20. The van der Waals surface area contributed by atoms with Crippen LogP contribution in [0.4, 0.5) is 0 Å². The van der Waals surface area contributed by atoms with Gasteiger partial charge in [-0.25, -0.2) is 4.79 Å². The molecule has 0 bridgehead atoms. The highest BCUT2D eigenvalue weighted by Crippen LogP contribution is 2.28. The third-order valence-electron chi connectivity index (χ3n) is 2.20. The normalized spacial score (nSPS) is 10.0. The fraction of sp³-hybridized carbons (Fsp3) is 0.417. The molecule has 0 spiro atoms. The second kappa shape index (κ2) is 6.75. The lowest BCUT2D eigenvalue weighted by Gasteiger charge is -2.10. The van der Waals surface area contributed by atoms with Gasteiger partial charge in [-0.2, -0.15) is 0 Å². The summed E-state index contributed by atoms with van der Waals surface area (Å²) in [6.45, 7) is -0.258. The Morgan fingerprint density at radius 2 is 2.12 bits per heavy atom. The second-order valence-electron chi connectivity index (χ2n) is 3.49. The summed E-state index contributed by atoms with van der Waals surface area (Å²) in [5.74, 6) is -0.124. The zero-order chi connectivity index (χ0) is 12.7. The highest BCUT2D eigenvalue weighted by Gasteiger charge is 2.07. The number of aryl methyl sites for hydroxylation is 1. The van der Waals surface area contributed by atoms with Gasteiger partial charge in [-0.05, 0) is 30.5 Å². The number of hydrogen-bond acceptors (Lipinski definition) is 4. The molecular formula is C12H16O5. The number of carboxylic acid groups (broad SMARTS) is 1. The largest absolute Gasteiger partial charge is 0.493 e. The summed E-state index contributed by atoms with van der Waals surface area (Å²) in [6.07, 6.45) is 1.42. The molecule has 0 aliphatic carbocycles. The summed E-state index contributed by atoms with van der Waals surface area (Å²) >= 11 is 0. The summed E-state index contributed by atoms with van der Waals surface area (Å²) in [5.41, 5.74) is 1.01. The first-order valence-corrected chi connectivity index (χ1v) is 5.29. The van der Waals surface area contributed by atoms with Crippen molar-refractivity contribution in [1.82, 2.24) is 0 Å². The molecule has 1 aromatic carbocycles. The summed E-state index contributed by atoms with van der Waals surface area (Å²) in [5, 5.41) is 17.2. The fourth-order valence-corrected chi connectivity index (χ4v) is 1.41. The van der Waals surface area contributed by atoms with Crippen molar-refractivity contribution in [3.8, 4) is 11.5 Å². The Balaban J connectivity index is 2.74. The van der Waals surface area contributed by atoms with Crippen molar-refractivity contribution in [3.05, 3.63) is 23.8 Å². The third kappa shape index (κ3) is 4.32. The van der Waals surface area contributed by atoms with E-state index < -0.39 is 12.6 Å². The van der Waals surface area contributed by atoms with Gasteiger partial charge in [0.15, 0.2) is 18.1 Å². The maximum atomic E-state index is 10.4. The van der Waals surface area contributed by atoms with Crippen molar-refractivity contribution in [3.63, 3.8) is 0 Å². The average molecular weight is 240 g/mol. The van der Waals surface area contributed by atoms with Gasteiger partial charge in [0.2, 0.25) is 0 Å². The molecule has 94 valence electrons. The van der Waals surface area contributed by atoms with Crippen molar-refractivity contribution < 1.29 is 24.5 Å². The first kappa shape index (κ1) is 13.3. The first-order chi connectivity index (χ1) is 8.17. The Morgan fingerprint density at radius 1 is 1.35 bits per heavy atom. The molecule has 0 atom stereocenters. The number of aliphatic hydroxyl groups excluding tert-OH is 1. The Bertz CT molecular complexity index is 375. The van der Waals surface area contributed by atoms with Crippen molar-refractivity contribution in [2.45, 2.75) is 12.8 Å². The summed E-state index contributed by atoms with van der Waals surface area (Å²) in [4.78, 5) is 10.4. The van der Waals surface area contributed by atoms with Gasteiger partial charge in [0.05, 0.1) is 7.11 Å². The minimum atomic E-state index is -1.03. The molecule has 1 aromatic rings. The van der Waals surface area contributed by atoms with E-state index in [9.17, 15) is 4.79 Å². The highest BCUT2D eigenvalue weighted by atomic mass is 16.5. The van der Waals surface area contributed by atoms with Crippen LogP contribution in [0.15, 0.2) is 18.2 Å². The zero-order valence-electron chi connectivity index (χ0n) is 9.68. The number of benzene rings is 1. The maximum Gasteiger partial charge on any atom is 0.341 e. The van der Waals surface area contributed by atoms with Gasteiger partial charge in [0.25, 0.3) is 0 Å². The fourth-order valence-electron chi connectivity index (χ4n) is 1.41. The van der Waals surface area contributed by atoms with Gasteiger partial charge in [0.1, 0.15) is 0 Å². The summed E-state index contributed by atoms with van der Waals surface area (Å²) in [7, 11) is 1.50. The van der Waals surface area contributed by atoms with Gasteiger partial charge < -0.3 is 19.7 Å². The van der Waals surface area contributed by atoms with Crippen LogP contribution < -0.4 is 9.47 Å². The number of aliphatic hydroxyl groups is 1. The number of carbonyl (C=O) groups is 1. The van der Waals surface area contributed by atoms with Gasteiger partial charge in [-0.15, -0.1) is 0 Å². The highest BCUT2D eigenvalue weighted by molar-refractivity contribution is 5.68. The van der Waals surface area contributed by atoms with Gasteiger partial charge in [-0.3, -0.25) is 0 Å². The van der Waals surface area contributed by atoms with E-state index in [1.165, 1.54) is 7.11 Å². The van der Waals surface area contributed by atoms with E-state index in [0.717, 1.165) is 12.0 Å². The van der Waals surface area contributed by atoms with Crippen LogP contribution in [0.3, 0.4) is 0 Å². The van der Waals surface area contributed by atoms with Crippen LogP contribution in [0.5, 0.6) is 11.5 Å². The van der Waals surface area contributed by atoms with Crippen LogP contribution >= 0.6 is 0 Å². The van der Waals surface area contributed by atoms with Crippen molar-refractivity contribution in [1.29, 1.82) is 0 Å². The number of hydrogen-bond donors (Lipinski definition) is 2. The molecule has 0 saturated heterocycles. The van der Waals surface area contributed by atoms with E-state index in [0.29, 0.717) is 17.9 Å². The van der Waals surface area contributed by atoms with Crippen LogP contribution in [0.25, 0.3) is 0 Å². The topological polar surface area (TPSA) is 76.0 Å². The van der Waals surface area contributed by atoms with Crippen LogP contribution in [-0.2, 0) is 11.2 Å². The van der Waals surface area contributed by atoms with Crippen LogP contribution in [0.2, 0.25) is 0 Å². The standard InChI is InChI=1S/C12H16O5/c1-16-11-7-9(3-2-6-13)4-5-10(11)17-8-12(14)15/h4-5,7,13H,2-3,6,8H2,1H3,(H,14,15). The minimum Gasteiger partial charge on any atom is -0.493 e. The molecule has 0 unspecified atom stereocenters. The molecule has 0 aliphatic heterocycles. The molecule has 1 rings (SSSR count). The quantitative estimate of drug-likeness (QED) is 0.746. The number of ether oxygens (including phenoxy) is 2. The predicted molar refractivity (Wildman–Crippen MR) is 61.5 cm³/mol. The van der Waals surface area contributed by atoms with Crippen molar-refractivity contribution in [2.24, 2.45) is 0 Å². The second-order valence-corrected chi connectivity index (χ2v) is 3.49. The molecule has 5 heteroatoms. The lowest BCUT2D eigenvalue weighted by atomic mass is 10.1. The molecule has 2 N–H and O–H groups in total. The van der Waals surface area contributed by atoms with E-state index in [2.05, 4.69) is 0 Å². The number of carboxylic acids is 1. The van der Waals surface area contributed by atoms with Gasteiger partial charge in [-0.1, -0.05) is 6.07 Å². The van der Waals surface area contributed by atoms with Gasteiger partial charge >= 0.3 is 5.97 Å². The molecular weight excluding hydrogens is 224 g/mol. The Hall–Kier alpha value is -1.75. The summed E-state index contributed by atoms with van der Waals surface area (Å²) in [6, 6.07) is 5.29. The van der Waals surface area contributed by atoms with Crippen molar-refractivity contribution in [2.75, 3.05) is 20.3 Å². The smallest absolute Gasteiger partial charge is 0.341 e. The SMILES string of the molecule is COc1cc(CCCO)ccc1OCC(=O)O. The van der Waals surface area contributed by atoms with E-state index in [1.807, 2.05) is 6.07 Å². The molecule has 17 heavy (non-hydrogen) atoms. The molecule has 0 heterocycles. The van der Waals surface area contributed by atoms with Gasteiger partial charge in [0, 0.05) is 6.61 Å². The average Bonchev–Trinajstić information content (AvgIpc) is 2.34. The molecule has 0 amide bonds. The molecule has 0 fully saturated rings. The zero-order valence-corrected chi connectivity index (χ0v) is 9.68. The predicted octanol–water partition coefficient (Wildman–Crippen LogP) is 1.08. The first-order valence-electron chi connectivity index (χ1n) is 5.29. The molecule has 0 saturated carbocycles. The van der Waals surface area contributed by atoms with E-state index in [-0.39, 0.29) is 6.61 Å². The Labute approximate surface area is 99.6 Å². The maximum absolute atomic E-state index is 10.4. The number of aliphatic carboxylic acids is 1. The Morgan fingerprint density at radius 3 is 2.71 bits per heavy atom. The summed E-state index contributed by atoms with van der Waals surface area (Å²) < 4.78 is 10.2. The monoisotopic (exact) mass is 240 g/mol. The van der Waals surface area contributed by atoms with Crippen LogP contribution in [0, 0.1) is 0 Å². The van der Waals surface area contributed by atoms with E-state index in [4.69, 9.17) is 19.7 Å². The molecule has 0 aliphatic rings. The number of rotatable bonds is 7. The number of methoxy groups -OCH3 is 1. The van der Waals surface area contributed by atoms with Crippen molar-refractivity contribution >= 4 is 5.97 Å².